The van der Waals surface area contributed by atoms with Crippen LogP contribution in [0.3, 0.4) is 0 Å². The maximum absolute atomic E-state index is 12.9. The van der Waals surface area contributed by atoms with Crippen molar-refractivity contribution in [2.24, 2.45) is 0 Å². The lowest BCUT2D eigenvalue weighted by molar-refractivity contribution is -0.144. The number of ketones is 1. The van der Waals surface area contributed by atoms with Crippen molar-refractivity contribution in [3.8, 4) is 6.07 Å². The van der Waals surface area contributed by atoms with Crippen LogP contribution in [0.25, 0.3) is 0 Å². The number of Topliss-reactive ketones (excluding diaryl/α,β-unsaturated/α-hetero) is 1. The summed E-state index contributed by atoms with van der Waals surface area (Å²) >= 11 is 0. The number of carbonyl (C=O) groups excluding carboxylic acids is 10. The number of nitrogens with one attached hydrogen (secondary N) is 5. The summed E-state index contributed by atoms with van der Waals surface area (Å²) < 4.78 is 47.0. The first-order valence-electron chi connectivity index (χ1n) is 30.3. The molecule has 0 aromatic heterocycles. The number of hydrogen-bond donors (Lipinski definition) is 6. The molecule has 26 nitrogen and oxygen atoms in total. The van der Waals surface area contributed by atoms with Gasteiger partial charge in [-0.3, -0.25) is 43.2 Å². The van der Waals surface area contributed by atoms with Gasteiger partial charge in [0.15, 0.2) is 6.10 Å². The van der Waals surface area contributed by atoms with Crippen LogP contribution in [0.2, 0.25) is 0 Å². The van der Waals surface area contributed by atoms with Crippen molar-refractivity contribution in [3.05, 3.63) is 143 Å². The zero-order valence-electron chi connectivity index (χ0n) is 53.9. The number of amides is 5. The molecule has 5 amide bonds. The quantitative estimate of drug-likeness (QED) is 0.0305. The normalized spacial score (nSPS) is 17.7. The lowest BCUT2D eigenvalue weighted by atomic mass is 10.0. The number of rotatable bonds is 16. The number of carbonyl (C=O) groups is 10. The second-order valence-corrected chi connectivity index (χ2v) is 19.7. The van der Waals surface area contributed by atoms with Gasteiger partial charge in [0.25, 0.3) is 29.5 Å². The van der Waals surface area contributed by atoms with Gasteiger partial charge in [-0.15, -0.1) is 0 Å². The predicted molar refractivity (Wildman–Crippen MR) is 384 cm³/mol. The predicted octanol–water partition coefficient (Wildman–Crippen LogP) is 6.20. The summed E-state index contributed by atoms with van der Waals surface area (Å²) in [6.45, 7) is 10.5. The number of benzene rings is 3. The number of nitriles is 1. The van der Waals surface area contributed by atoms with Gasteiger partial charge in [0.05, 0.1) is 137 Å². The van der Waals surface area contributed by atoms with E-state index >= 15 is 0 Å². The first-order valence-corrected chi connectivity index (χ1v) is 30.3. The Bertz CT molecular complexity index is 2950. The van der Waals surface area contributed by atoms with E-state index in [0.29, 0.717) is 107 Å². The minimum absolute atomic E-state index is 0. The SMILES string of the molecule is C.C.C.CCOC(=O)CCC#N.CCOC(=O)CCNC(=O)C(=O)[C@@H]1C/C=C\COCCOCc2ccccc2C(=O)N1.CCOC(=O)CCNC(=O)C(O)[C@@H]1C/C=C\COCCOCc2ccccc2C(=O)N1.O=C[C@@H]1C/C=C\COCCOCc2ccccc2C(=O)N1.S.S.S. The van der Waals surface area contributed by atoms with E-state index in [1.165, 1.54) is 0 Å². The molecule has 0 spiro atoms. The fourth-order valence-corrected chi connectivity index (χ4v) is 8.21. The molecule has 6 rings (SSSR count). The molecule has 3 aromatic carbocycles. The van der Waals surface area contributed by atoms with Crippen LogP contribution in [0, 0.1) is 11.3 Å². The van der Waals surface area contributed by atoms with E-state index in [1.807, 2.05) is 30.4 Å². The molecule has 0 radical (unpaired) electrons. The van der Waals surface area contributed by atoms with E-state index < -0.39 is 65.6 Å². The van der Waals surface area contributed by atoms with E-state index in [4.69, 9.17) is 43.2 Å². The van der Waals surface area contributed by atoms with Crippen LogP contribution in [-0.4, -0.2) is 181 Å². The molecule has 29 heteroatoms. The molecule has 3 heterocycles. The number of ether oxygens (including phenoxy) is 9. The minimum Gasteiger partial charge on any atom is -0.466 e. The van der Waals surface area contributed by atoms with Crippen molar-refractivity contribution in [1.29, 1.82) is 5.26 Å². The highest BCUT2D eigenvalue weighted by atomic mass is 32.1. The highest BCUT2D eigenvalue weighted by Gasteiger charge is 2.29. The van der Waals surface area contributed by atoms with Crippen LogP contribution >= 0.6 is 40.5 Å². The molecule has 3 aromatic rings. The van der Waals surface area contributed by atoms with Gasteiger partial charge in [0.1, 0.15) is 12.3 Å². The Balaban J connectivity index is -0.000000625. The van der Waals surface area contributed by atoms with Crippen molar-refractivity contribution in [1.82, 2.24) is 26.6 Å². The van der Waals surface area contributed by atoms with E-state index in [9.17, 15) is 53.1 Å². The maximum atomic E-state index is 12.9. The zero-order chi connectivity index (χ0) is 67.0. The standard InChI is InChI=1S/C22H30N2O7.C22H28N2O7.C16H19NO4.C6H9NO2.3CH4.3H2S/c2*1-2-31-19(25)10-11-23-22(28)20(26)18-9-5-6-12-29-13-14-30-15-16-7-3-4-8-17(16)21(27)24-18;18-11-14-6-3-4-8-20-9-10-21-12-13-5-1-2-7-15(13)16(19)17-14;1-2-9-6(8)4-3-5-7;;;;;;/h3-8,18,20,26H,2,9-15H2,1H3,(H,23,28)(H,24,27);3-8,18H,2,9-15H2,1H3,(H,23,28)(H,24,27);1-5,7,11,14H,6,8-10,12H2,(H,17,19);2-4H2,1H3;3*1H4;3*1H2/b2*6-5-;4-3-;;;;;;;/t18-,20?;18-;14-;;;;;;;/m000......./s1. The van der Waals surface area contributed by atoms with Gasteiger partial charge in [0.2, 0.25) is 5.78 Å². The third-order valence-electron chi connectivity index (χ3n) is 12.9. The first kappa shape index (κ1) is 96.6. The largest absolute Gasteiger partial charge is 0.466 e. The number of esters is 3. The molecule has 4 atom stereocenters. The Hall–Kier alpha value is -7.76. The number of hydrogen-bond acceptors (Lipinski definition) is 21. The lowest BCUT2D eigenvalue weighted by Gasteiger charge is -2.23. The summed E-state index contributed by atoms with van der Waals surface area (Å²) in [5.41, 5.74) is 3.46. The van der Waals surface area contributed by atoms with Crippen LogP contribution in [0.1, 0.15) is 136 Å². The average Bonchev–Trinajstić information content (AvgIpc) is 0.907. The second kappa shape index (κ2) is 60.4. The summed E-state index contributed by atoms with van der Waals surface area (Å²) in [4.78, 5) is 120. The monoisotopic (exact) mass is 1430 g/mol. The van der Waals surface area contributed by atoms with Gasteiger partial charge in [-0.2, -0.15) is 45.7 Å². The van der Waals surface area contributed by atoms with Gasteiger partial charge in [0, 0.05) is 36.2 Å². The van der Waals surface area contributed by atoms with Crippen LogP contribution in [0.4, 0.5) is 0 Å². The smallest absolute Gasteiger partial charge is 0.307 e. The fourth-order valence-electron chi connectivity index (χ4n) is 8.21. The summed E-state index contributed by atoms with van der Waals surface area (Å²) in [5.74, 6) is -4.71. The molecule has 0 saturated carbocycles. The van der Waals surface area contributed by atoms with E-state index in [-0.39, 0.29) is 153 Å². The molecule has 6 N–H and O–H groups in total. The molecule has 0 saturated heterocycles. The Labute approximate surface area is 597 Å². The van der Waals surface area contributed by atoms with Crippen LogP contribution in [-0.2, 0) is 96.0 Å². The van der Waals surface area contributed by atoms with E-state index in [1.54, 1.807) is 106 Å². The number of aldehydes is 1. The molecule has 0 fully saturated rings. The number of fused-ring (bicyclic) bond motifs is 3. The summed E-state index contributed by atoms with van der Waals surface area (Å²) in [6.07, 6.45) is 11.0. The minimum atomic E-state index is -1.51. The zero-order valence-corrected chi connectivity index (χ0v) is 56.9. The van der Waals surface area contributed by atoms with Gasteiger partial charge in [-0.05, 0) is 74.9 Å². The Morgan fingerprint density at radius 3 is 1.35 bits per heavy atom. The molecular weight excluding hydrogens is 1330 g/mol. The highest BCUT2D eigenvalue weighted by molar-refractivity contribution is 7.59. The Morgan fingerprint density at radius 1 is 0.541 bits per heavy atom. The molecule has 3 aliphatic rings. The molecule has 3 aliphatic heterocycles. The van der Waals surface area contributed by atoms with Crippen LogP contribution < -0.4 is 26.6 Å². The Kier molecular flexibility index (Phi) is 59.6. The molecule has 0 bridgehead atoms. The third-order valence-corrected chi connectivity index (χ3v) is 12.9. The van der Waals surface area contributed by atoms with Crippen molar-refractivity contribution in [3.63, 3.8) is 0 Å². The third kappa shape index (κ3) is 40.8. The summed E-state index contributed by atoms with van der Waals surface area (Å²) in [5, 5.41) is 31.6. The molecule has 98 heavy (non-hydrogen) atoms. The topological polar surface area (TPSA) is 358 Å². The maximum Gasteiger partial charge on any atom is 0.307 e. The van der Waals surface area contributed by atoms with Crippen molar-refractivity contribution >= 4 is 100 Å². The van der Waals surface area contributed by atoms with Gasteiger partial charge < -0.3 is 79.1 Å². The number of nitrogens with zero attached hydrogens (tertiary/aromatic N) is 1. The molecule has 548 valence electrons. The highest BCUT2D eigenvalue weighted by Crippen LogP contribution is 2.15. The molecule has 0 aliphatic carbocycles. The van der Waals surface area contributed by atoms with Crippen molar-refractivity contribution in [2.75, 3.05) is 92.4 Å². The summed E-state index contributed by atoms with van der Waals surface area (Å²) in [7, 11) is 0. The van der Waals surface area contributed by atoms with E-state index in [0.717, 1.165) is 11.8 Å². The van der Waals surface area contributed by atoms with Gasteiger partial charge in [-0.1, -0.05) is 113 Å². The van der Waals surface area contributed by atoms with Gasteiger partial charge >= 0.3 is 17.9 Å². The first-order chi connectivity index (χ1) is 44.7. The number of aliphatic hydroxyl groups is 1. The number of aliphatic hydroxyl groups excluding tert-OH is 1. The van der Waals surface area contributed by atoms with E-state index in [2.05, 4.69) is 31.3 Å². The molecular formula is C69H104N6O20S3. The van der Waals surface area contributed by atoms with Crippen LogP contribution in [0.5, 0.6) is 0 Å². The van der Waals surface area contributed by atoms with Crippen LogP contribution in [0.15, 0.2) is 109 Å². The lowest BCUT2D eigenvalue weighted by Crippen LogP contribution is -2.50. The van der Waals surface area contributed by atoms with Crippen molar-refractivity contribution < 1.29 is 95.7 Å². The second-order valence-electron chi connectivity index (χ2n) is 19.7. The Morgan fingerprint density at radius 2 is 0.918 bits per heavy atom. The average molecular weight is 1430 g/mol. The fraction of sp³-hybridized carbons (Fsp3) is 0.493. The molecule has 1 unspecified atom stereocenters. The van der Waals surface area contributed by atoms with Crippen molar-refractivity contribution in [2.45, 2.75) is 132 Å². The van der Waals surface area contributed by atoms with Gasteiger partial charge in [-0.25, -0.2) is 0 Å². The summed E-state index contributed by atoms with van der Waals surface area (Å²) in [6, 6.07) is 20.5.